The molecule has 1 fully saturated rings. The van der Waals surface area contributed by atoms with E-state index < -0.39 is 12.1 Å². The smallest absolute Gasteiger partial charge is 0.475 e. The van der Waals surface area contributed by atoms with Crippen LogP contribution < -0.4 is 10.2 Å². The molecule has 0 radical (unpaired) electrons. The Balaban J connectivity index is 0.000000384. The Hall–Kier alpha value is -4.17. The van der Waals surface area contributed by atoms with Crippen molar-refractivity contribution in [2.24, 2.45) is 0 Å². The van der Waals surface area contributed by atoms with Gasteiger partial charge in [-0.1, -0.05) is 30.3 Å². The summed E-state index contributed by atoms with van der Waals surface area (Å²) in [6.45, 7) is 2.62. The van der Waals surface area contributed by atoms with E-state index in [0.29, 0.717) is 23.4 Å². The number of carboxylic acids is 1. The molecule has 5 rings (SSSR count). The first-order valence-corrected chi connectivity index (χ1v) is 11.1. The predicted molar refractivity (Wildman–Crippen MR) is 124 cm³/mol. The van der Waals surface area contributed by atoms with Crippen LogP contribution in [-0.2, 0) is 10.2 Å². The van der Waals surface area contributed by atoms with Gasteiger partial charge in [-0.05, 0) is 49.7 Å². The van der Waals surface area contributed by atoms with Gasteiger partial charge in [-0.25, -0.2) is 4.79 Å². The zero-order valence-corrected chi connectivity index (χ0v) is 19.0. The van der Waals surface area contributed by atoms with Crippen LogP contribution in [0.4, 0.5) is 18.9 Å². The number of rotatable bonds is 2. The van der Waals surface area contributed by atoms with Gasteiger partial charge >= 0.3 is 12.1 Å². The number of para-hydroxylation sites is 1. The number of fused-ring (bicyclic) bond motifs is 2. The van der Waals surface area contributed by atoms with E-state index in [2.05, 4.69) is 33.7 Å². The molecule has 1 saturated heterocycles. The topological polar surface area (TPSA) is 122 Å². The molecule has 36 heavy (non-hydrogen) atoms. The molecule has 0 bridgehead atoms. The number of carboxylic acid groups (broad SMARTS) is 1. The number of anilines is 1. The number of carbonyl (C=O) groups is 2. The van der Waals surface area contributed by atoms with Crippen LogP contribution in [0.3, 0.4) is 0 Å². The van der Waals surface area contributed by atoms with E-state index in [0.717, 1.165) is 37.2 Å². The Kier molecular flexibility index (Phi) is 6.81. The number of carbonyl (C=O) groups excluding carboxylic acids is 1. The minimum Gasteiger partial charge on any atom is -0.475 e. The quantitative estimate of drug-likeness (QED) is 0.494. The second-order valence-electron chi connectivity index (χ2n) is 8.59. The highest BCUT2D eigenvalue weighted by atomic mass is 19.4. The molecule has 1 aromatic heterocycles. The maximum Gasteiger partial charge on any atom is 0.490 e. The molecule has 186 valence electrons. The largest absolute Gasteiger partial charge is 0.490 e. The van der Waals surface area contributed by atoms with Gasteiger partial charge in [-0.3, -0.25) is 9.89 Å². The number of halogens is 3. The predicted octanol–water partition coefficient (Wildman–Crippen LogP) is 3.86. The molecule has 2 aliphatic heterocycles. The second-order valence-corrected chi connectivity index (χ2v) is 8.59. The molecule has 1 spiro atoms. The summed E-state index contributed by atoms with van der Waals surface area (Å²) in [5, 5.41) is 26.9. The SMILES string of the molecule is N#Cc1cccc(-c2[nH]ncc2C(=O)N2CC3(CCNCC3)c3ccccc32)c1.O=C(O)C(F)(F)F. The van der Waals surface area contributed by atoms with Gasteiger partial charge in [0.15, 0.2) is 0 Å². The van der Waals surface area contributed by atoms with Crippen LogP contribution in [0.15, 0.2) is 54.7 Å². The van der Waals surface area contributed by atoms with Crippen LogP contribution in [0.25, 0.3) is 11.3 Å². The maximum atomic E-state index is 13.6. The van der Waals surface area contributed by atoms with E-state index in [1.165, 1.54) is 5.56 Å². The minimum absolute atomic E-state index is 0.0160. The lowest BCUT2D eigenvalue weighted by molar-refractivity contribution is -0.192. The number of alkyl halides is 3. The number of nitriles is 1. The van der Waals surface area contributed by atoms with Crippen LogP contribution in [0.1, 0.15) is 34.3 Å². The lowest BCUT2D eigenvalue weighted by atomic mass is 9.75. The zero-order valence-electron chi connectivity index (χ0n) is 19.0. The number of aromatic nitrogens is 2. The van der Waals surface area contributed by atoms with Gasteiger partial charge in [-0.2, -0.15) is 23.5 Å². The Morgan fingerprint density at radius 2 is 1.81 bits per heavy atom. The Morgan fingerprint density at radius 1 is 1.11 bits per heavy atom. The van der Waals surface area contributed by atoms with Crippen molar-refractivity contribution >= 4 is 17.6 Å². The molecule has 1 amide bonds. The van der Waals surface area contributed by atoms with Crippen molar-refractivity contribution < 1.29 is 27.9 Å². The maximum absolute atomic E-state index is 13.6. The van der Waals surface area contributed by atoms with E-state index in [9.17, 15) is 23.2 Å². The van der Waals surface area contributed by atoms with Crippen molar-refractivity contribution in [3.8, 4) is 17.3 Å². The average Bonchev–Trinajstić information content (AvgIpc) is 3.48. The van der Waals surface area contributed by atoms with Gasteiger partial charge in [0.05, 0.1) is 29.1 Å². The van der Waals surface area contributed by atoms with Gasteiger partial charge in [0.25, 0.3) is 5.91 Å². The third-order valence-corrected chi connectivity index (χ3v) is 6.43. The number of H-pyrrole nitrogens is 1. The summed E-state index contributed by atoms with van der Waals surface area (Å²) >= 11 is 0. The van der Waals surface area contributed by atoms with Gasteiger partial charge < -0.3 is 15.3 Å². The second kappa shape index (κ2) is 9.83. The molecular weight excluding hydrogens is 475 g/mol. The van der Waals surface area contributed by atoms with Crippen molar-refractivity contribution in [3.05, 3.63) is 71.4 Å². The normalized spacial score (nSPS) is 16.0. The number of aliphatic carboxylic acids is 1. The lowest BCUT2D eigenvalue weighted by Crippen LogP contribution is -2.44. The summed E-state index contributed by atoms with van der Waals surface area (Å²) in [7, 11) is 0. The molecule has 3 aromatic rings. The Morgan fingerprint density at radius 3 is 2.47 bits per heavy atom. The molecule has 3 N–H and O–H groups in total. The summed E-state index contributed by atoms with van der Waals surface area (Å²) in [6, 6.07) is 17.6. The van der Waals surface area contributed by atoms with Crippen LogP contribution in [0.5, 0.6) is 0 Å². The molecule has 0 saturated carbocycles. The molecule has 3 heterocycles. The molecule has 0 aliphatic carbocycles. The minimum atomic E-state index is -5.08. The Labute approximate surface area is 204 Å². The zero-order chi connectivity index (χ0) is 25.9. The summed E-state index contributed by atoms with van der Waals surface area (Å²) in [5.74, 6) is -2.81. The number of aromatic amines is 1. The summed E-state index contributed by atoms with van der Waals surface area (Å²) < 4.78 is 31.7. The van der Waals surface area contributed by atoms with Crippen molar-refractivity contribution in [1.82, 2.24) is 15.5 Å². The number of hydrogen-bond acceptors (Lipinski definition) is 5. The van der Waals surface area contributed by atoms with Crippen LogP contribution >= 0.6 is 0 Å². The summed E-state index contributed by atoms with van der Waals surface area (Å²) in [4.78, 5) is 24.4. The molecule has 2 aromatic carbocycles. The highest BCUT2D eigenvalue weighted by molar-refractivity contribution is 6.11. The van der Waals surface area contributed by atoms with Crippen molar-refractivity contribution in [2.75, 3.05) is 24.5 Å². The molecular formula is C25H22F3N5O3. The molecule has 8 nitrogen and oxygen atoms in total. The molecule has 2 aliphatic rings. The molecule has 11 heteroatoms. The van der Waals surface area contributed by atoms with E-state index in [1.54, 1.807) is 18.3 Å². The number of piperidine rings is 1. The number of amides is 1. The van der Waals surface area contributed by atoms with E-state index in [1.807, 2.05) is 29.2 Å². The highest BCUT2D eigenvalue weighted by Crippen LogP contribution is 2.46. The highest BCUT2D eigenvalue weighted by Gasteiger charge is 2.45. The van der Waals surface area contributed by atoms with E-state index >= 15 is 0 Å². The number of benzene rings is 2. The molecule has 0 atom stereocenters. The fourth-order valence-corrected chi connectivity index (χ4v) is 4.70. The van der Waals surface area contributed by atoms with Gasteiger partial charge in [0.2, 0.25) is 0 Å². The van der Waals surface area contributed by atoms with Crippen LogP contribution in [0.2, 0.25) is 0 Å². The molecule has 0 unspecified atom stereocenters. The van der Waals surface area contributed by atoms with Gasteiger partial charge in [-0.15, -0.1) is 0 Å². The van der Waals surface area contributed by atoms with E-state index in [-0.39, 0.29) is 11.3 Å². The van der Waals surface area contributed by atoms with E-state index in [4.69, 9.17) is 9.90 Å². The lowest BCUT2D eigenvalue weighted by Gasteiger charge is -2.34. The fourth-order valence-electron chi connectivity index (χ4n) is 4.70. The van der Waals surface area contributed by atoms with Gasteiger partial charge in [0.1, 0.15) is 0 Å². The van der Waals surface area contributed by atoms with Crippen molar-refractivity contribution in [2.45, 2.75) is 24.4 Å². The average molecular weight is 497 g/mol. The number of hydrogen-bond donors (Lipinski definition) is 3. The third kappa shape index (κ3) is 4.81. The first kappa shape index (κ1) is 24.9. The van der Waals surface area contributed by atoms with Crippen LogP contribution in [0, 0.1) is 11.3 Å². The third-order valence-electron chi connectivity index (χ3n) is 6.43. The number of nitrogens with one attached hydrogen (secondary N) is 2. The standard InChI is InChI=1S/C23H21N5O.C2HF3O2/c24-13-16-4-3-5-17(12-16)21-18(14-26-27-21)22(29)28-15-23(8-10-25-11-9-23)19-6-1-2-7-20(19)28;3-2(4,5)1(6)7/h1-7,12,14,25H,8-11,15H2,(H,26,27);(H,6,7). The first-order chi connectivity index (χ1) is 17.2. The first-order valence-electron chi connectivity index (χ1n) is 11.1. The summed E-state index contributed by atoms with van der Waals surface area (Å²) in [6.07, 6.45) is -1.45. The van der Waals surface area contributed by atoms with Crippen molar-refractivity contribution in [3.63, 3.8) is 0 Å². The van der Waals surface area contributed by atoms with Crippen molar-refractivity contribution in [1.29, 1.82) is 5.26 Å². The fraction of sp³-hybridized carbons (Fsp3) is 0.280. The monoisotopic (exact) mass is 497 g/mol. The summed E-state index contributed by atoms with van der Waals surface area (Å²) in [5.41, 5.74) is 4.80. The van der Waals surface area contributed by atoms with Gasteiger partial charge in [0, 0.05) is 23.2 Å². The Bertz CT molecular complexity index is 1320. The van der Waals surface area contributed by atoms with Crippen LogP contribution in [-0.4, -0.2) is 53.0 Å². The number of nitrogens with zero attached hydrogens (tertiary/aromatic N) is 3.